The predicted octanol–water partition coefficient (Wildman–Crippen LogP) is 5.31. The molecule has 3 aromatic rings. The van der Waals surface area contributed by atoms with Crippen LogP contribution in [0.15, 0.2) is 58.2 Å². The number of halogens is 1. The highest BCUT2D eigenvalue weighted by Gasteiger charge is 2.37. The van der Waals surface area contributed by atoms with Crippen LogP contribution in [0.3, 0.4) is 0 Å². The highest BCUT2D eigenvalue weighted by atomic mass is 35.5. The van der Waals surface area contributed by atoms with E-state index in [1.807, 2.05) is 40.4 Å². The number of aromatic nitrogens is 3. The highest BCUT2D eigenvalue weighted by Crippen LogP contribution is 2.42. The largest absolute Gasteiger partial charge is 0.328 e. The molecule has 142 valence electrons. The molecule has 2 aromatic heterocycles. The Labute approximate surface area is 175 Å². The number of ketones is 1. The molecule has 5 nitrogen and oxygen atoms in total. The summed E-state index contributed by atoms with van der Waals surface area (Å²) in [6.45, 7) is 0. The molecule has 5 rings (SSSR count). The molecule has 0 saturated heterocycles. The van der Waals surface area contributed by atoms with Gasteiger partial charge in [-0.25, -0.2) is 4.68 Å². The summed E-state index contributed by atoms with van der Waals surface area (Å²) in [6, 6.07) is 11.7. The van der Waals surface area contributed by atoms with Crippen molar-refractivity contribution in [2.24, 2.45) is 0 Å². The molecule has 0 fully saturated rings. The van der Waals surface area contributed by atoms with Gasteiger partial charge in [0.2, 0.25) is 11.1 Å². The van der Waals surface area contributed by atoms with E-state index in [2.05, 4.69) is 11.4 Å². The Kier molecular flexibility index (Phi) is 4.74. The van der Waals surface area contributed by atoms with Crippen LogP contribution in [0.1, 0.15) is 35.7 Å². The number of nitrogens with one attached hydrogen (secondary N) is 1. The molecule has 1 N–H and O–H groups in total. The Hall–Kier alpha value is -2.09. The molecule has 28 heavy (non-hydrogen) atoms. The third-order valence-electron chi connectivity index (χ3n) is 4.98. The molecule has 0 bridgehead atoms. The van der Waals surface area contributed by atoms with E-state index in [9.17, 15) is 4.79 Å². The number of rotatable bonds is 4. The van der Waals surface area contributed by atoms with Crippen LogP contribution < -0.4 is 5.32 Å². The van der Waals surface area contributed by atoms with Gasteiger partial charge in [0.15, 0.2) is 5.78 Å². The van der Waals surface area contributed by atoms with Crippen molar-refractivity contribution in [3.8, 4) is 0 Å². The maximum absolute atomic E-state index is 12.7. The first-order valence-electron chi connectivity index (χ1n) is 9.10. The number of carbonyl (C=O) groups excluding carboxylic acids is 1. The topological polar surface area (TPSA) is 59.8 Å². The fraction of sp³-hybridized carbons (Fsp3) is 0.250. The van der Waals surface area contributed by atoms with Crippen LogP contribution in [0.5, 0.6) is 0 Å². The number of thioether (sulfide) groups is 1. The first-order valence-corrected chi connectivity index (χ1v) is 11.3. The lowest BCUT2D eigenvalue weighted by Gasteiger charge is -2.31. The van der Waals surface area contributed by atoms with Crippen LogP contribution in [-0.2, 0) is 10.5 Å². The molecule has 1 unspecified atom stereocenters. The summed E-state index contributed by atoms with van der Waals surface area (Å²) >= 11 is 9.46. The average molecular weight is 429 g/mol. The fourth-order valence-corrected chi connectivity index (χ4v) is 5.60. The van der Waals surface area contributed by atoms with Gasteiger partial charge in [0.25, 0.3) is 0 Å². The minimum Gasteiger partial charge on any atom is -0.328 e. The van der Waals surface area contributed by atoms with Crippen molar-refractivity contribution in [3.63, 3.8) is 0 Å². The summed E-state index contributed by atoms with van der Waals surface area (Å²) in [4.78, 5) is 18.5. The van der Waals surface area contributed by atoms with Gasteiger partial charge in [-0.15, -0.1) is 16.4 Å². The van der Waals surface area contributed by atoms with Crippen molar-refractivity contribution in [3.05, 3.63) is 68.5 Å². The van der Waals surface area contributed by atoms with E-state index in [0.717, 1.165) is 39.6 Å². The highest BCUT2D eigenvalue weighted by molar-refractivity contribution is 7.98. The number of Topliss-reactive ketones (excluding diaryl/α,β-unsaturated/α-hetero) is 1. The molecule has 0 saturated carbocycles. The summed E-state index contributed by atoms with van der Waals surface area (Å²) in [5.74, 6) is 1.60. The second-order valence-corrected chi connectivity index (χ2v) is 9.08. The van der Waals surface area contributed by atoms with Crippen molar-refractivity contribution in [2.75, 3.05) is 5.32 Å². The van der Waals surface area contributed by atoms with E-state index in [1.54, 1.807) is 23.1 Å². The van der Waals surface area contributed by atoms with E-state index in [4.69, 9.17) is 21.7 Å². The number of thiophene rings is 1. The molecule has 1 aliphatic heterocycles. The standard InChI is InChI=1S/C20H17ClN4OS2/c21-13-6-2-1-5-12(13)11-28-20-23-19-22-14-7-3-8-15(26)17(14)18(25(19)24-20)16-9-4-10-27-16/h1-2,4-6,9-10,18H,3,7-8,11H2,(H,22,23,24). The lowest BCUT2D eigenvalue weighted by Crippen LogP contribution is -2.31. The first-order chi connectivity index (χ1) is 13.7. The van der Waals surface area contributed by atoms with Crippen LogP contribution in [0.2, 0.25) is 5.02 Å². The minimum atomic E-state index is -0.193. The molecule has 2 aliphatic rings. The molecular formula is C20H17ClN4OS2. The lowest BCUT2D eigenvalue weighted by atomic mass is 9.88. The molecule has 1 atom stereocenters. The second-order valence-electron chi connectivity index (χ2n) is 6.75. The van der Waals surface area contributed by atoms with Crippen LogP contribution in [-0.4, -0.2) is 20.5 Å². The molecular weight excluding hydrogens is 412 g/mol. The number of carbonyl (C=O) groups is 1. The Bertz CT molecular complexity index is 1070. The van der Waals surface area contributed by atoms with Crippen molar-refractivity contribution < 1.29 is 4.79 Å². The summed E-state index contributed by atoms with van der Waals surface area (Å²) in [5, 5.41) is 11.6. The number of allylic oxidation sites excluding steroid dienone is 2. The zero-order valence-corrected chi connectivity index (χ0v) is 17.3. The van der Waals surface area contributed by atoms with E-state index < -0.39 is 0 Å². The van der Waals surface area contributed by atoms with Crippen molar-refractivity contribution in [2.45, 2.75) is 36.2 Å². The molecule has 1 aromatic carbocycles. The van der Waals surface area contributed by atoms with Crippen LogP contribution in [0.25, 0.3) is 0 Å². The summed E-state index contributed by atoms with van der Waals surface area (Å²) in [7, 11) is 0. The first kappa shape index (κ1) is 18.0. The van der Waals surface area contributed by atoms with Gasteiger partial charge in [0.1, 0.15) is 6.04 Å². The third kappa shape index (κ3) is 3.17. The smallest absolute Gasteiger partial charge is 0.227 e. The Balaban J connectivity index is 1.49. The lowest BCUT2D eigenvalue weighted by molar-refractivity contribution is -0.116. The van der Waals surface area contributed by atoms with E-state index in [1.165, 1.54) is 0 Å². The Morgan fingerprint density at radius 1 is 1.25 bits per heavy atom. The number of hydrogen-bond acceptors (Lipinski definition) is 6. The molecule has 0 radical (unpaired) electrons. The van der Waals surface area contributed by atoms with Gasteiger partial charge >= 0.3 is 0 Å². The minimum absolute atomic E-state index is 0.193. The van der Waals surface area contributed by atoms with E-state index >= 15 is 0 Å². The number of fused-ring (bicyclic) bond motifs is 1. The number of benzene rings is 1. The zero-order chi connectivity index (χ0) is 19.1. The summed E-state index contributed by atoms with van der Waals surface area (Å²) in [5.41, 5.74) is 2.89. The number of hydrogen-bond donors (Lipinski definition) is 1. The number of anilines is 1. The van der Waals surface area contributed by atoms with Crippen LogP contribution in [0.4, 0.5) is 5.95 Å². The number of nitrogens with zero attached hydrogens (tertiary/aromatic N) is 3. The van der Waals surface area contributed by atoms with Crippen LogP contribution >= 0.6 is 34.7 Å². The van der Waals surface area contributed by atoms with Crippen LogP contribution in [0, 0.1) is 0 Å². The third-order valence-corrected chi connectivity index (χ3v) is 7.16. The zero-order valence-electron chi connectivity index (χ0n) is 14.9. The monoisotopic (exact) mass is 428 g/mol. The van der Waals surface area contributed by atoms with Gasteiger partial charge in [-0.2, -0.15) is 4.98 Å². The van der Waals surface area contributed by atoms with Gasteiger partial charge in [-0.3, -0.25) is 4.79 Å². The van der Waals surface area contributed by atoms with Gasteiger partial charge in [0.05, 0.1) is 0 Å². The van der Waals surface area contributed by atoms with Gasteiger partial charge in [0, 0.05) is 33.3 Å². The molecule has 0 spiro atoms. The summed E-state index contributed by atoms with van der Waals surface area (Å²) < 4.78 is 1.86. The van der Waals surface area contributed by atoms with Crippen molar-refractivity contribution in [1.82, 2.24) is 14.8 Å². The SMILES string of the molecule is O=C1CCCC2=C1C(c1cccs1)n1nc(SCc3ccccc3Cl)nc1N2. The molecule has 3 heterocycles. The normalized spacial score (nSPS) is 18.6. The molecule has 0 amide bonds. The average Bonchev–Trinajstić information content (AvgIpc) is 3.35. The molecule has 8 heteroatoms. The van der Waals surface area contributed by atoms with E-state index in [-0.39, 0.29) is 11.8 Å². The quantitative estimate of drug-likeness (QED) is 0.571. The maximum Gasteiger partial charge on any atom is 0.227 e. The fourth-order valence-electron chi connectivity index (χ4n) is 3.67. The predicted molar refractivity (Wildman–Crippen MR) is 113 cm³/mol. The van der Waals surface area contributed by atoms with Gasteiger partial charge in [-0.1, -0.05) is 47.6 Å². The molecule has 1 aliphatic carbocycles. The van der Waals surface area contributed by atoms with Gasteiger partial charge < -0.3 is 5.32 Å². The Morgan fingerprint density at radius 2 is 2.14 bits per heavy atom. The Morgan fingerprint density at radius 3 is 2.96 bits per heavy atom. The second kappa shape index (κ2) is 7.39. The summed E-state index contributed by atoms with van der Waals surface area (Å²) in [6.07, 6.45) is 2.35. The van der Waals surface area contributed by atoms with Crippen molar-refractivity contribution in [1.29, 1.82) is 0 Å². The van der Waals surface area contributed by atoms with Gasteiger partial charge in [-0.05, 0) is 35.9 Å². The maximum atomic E-state index is 12.7. The van der Waals surface area contributed by atoms with E-state index in [0.29, 0.717) is 23.3 Å². The van der Waals surface area contributed by atoms with Crippen molar-refractivity contribution >= 4 is 46.4 Å².